The molecule has 2 fully saturated rings. The second-order valence-corrected chi connectivity index (χ2v) is 7.72. The molecule has 0 N–H and O–H groups in total. The van der Waals surface area contributed by atoms with Crippen LogP contribution < -0.4 is 14.7 Å². The molecule has 0 saturated carbocycles. The van der Waals surface area contributed by atoms with Gasteiger partial charge in [-0.1, -0.05) is 18.2 Å². The molecule has 31 heavy (non-hydrogen) atoms. The molecule has 2 aromatic rings. The van der Waals surface area contributed by atoms with Crippen LogP contribution in [0.1, 0.15) is 12.8 Å². The van der Waals surface area contributed by atoms with Gasteiger partial charge in [-0.3, -0.25) is 14.9 Å². The Morgan fingerprint density at radius 1 is 0.968 bits per heavy atom. The number of para-hydroxylation sites is 1. The van der Waals surface area contributed by atoms with E-state index in [0.717, 1.165) is 18.8 Å². The molecule has 4 rings (SSSR count). The zero-order valence-electron chi connectivity index (χ0n) is 17.5. The first-order chi connectivity index (χ1) is 15.1. The number of hydrogen-bond donors (Lipinski definition) is 0. The molecule has 164 valence electrons. The van der Waals surface area contributed by atoms with Crippen LogP contribution in [0.5, 0.6) is 0 Å². The molecular formula is C21H26N6O4. The van der Waals surface area contributed by atoms with Crippen LogP contribution in [0.2, 0.25) is 0 Å². The van der Waals surface area contributed by atoms with Gasteiger partial charge in [-0.05, 0) is 25.0 Å². The average molecular weight is 426 g/mol. The van der Waals surface area contributed by atoms with E-state index in [1.807, 2.05) is 28.0 Å². The molecule has 0 unspecified atom stereocenters. The lowest BCUT2D eigenvalue weighted by molar-refractivity contribution is -0.383. The summed E-state index contributed by atoms with van der Waals surface area (Å²) in [6.45, 7) is 3.81. The first-order valence-electron chi connectivity index (χ1n) is 10.5. The lowest BCUT2D eigenvalue weighted by Crippen LogP contribution is -2.47. The fourth-order valence-corrected chi connectivity index (χ4v) is 4.30. The largest absolute Gasteiger partial charge is 0.469 e. The first kappa shape index (κ1) is 20.8. The van der Waals surface area contributed by atoms with Crippen LogP contribution in [0.3, 0.4) is 0 Å². The third kappa shape index (κ3) is 4.37. The Labute approximate surface area is 180 Å². The van der Waals surface area contributed by atoms with Gasteiger partial charge in [-0.25, -0.2) is 9.97 Å². The van der Waals surface area contributed by atoms with Gasteiger partial charge in [0, 0.05) is 45.0 Å². The summed E-state index contributed by atoms with van der Waals surface area (Å²) in [4.78, 5) is 38.1. The summed E-state index contributed by atoms with van der Waals surface area (Å²) in [5, 5.41) is 12.0. The number of nitro groups is 1. The number of aromatic nitrogens is 2. The van der Waals surface area contributed by atoms with Crippen molar-refractivity contribution in [2.75, 3.05) is 61.1 Å². The molecular weight excluding hydrogens is 400 g/mol. The maximum Gasteiger partial charge on any atom is 0.353 e. The Morgan fingerprint density at radius 2 is 1.52 bits per heavy atom. The highest BCUT2D eigenvalue weighted by atomic mass is 16.6. The van der Waals surface area contributed by atoms with Crippen LogP contribution in [-0.2, 0) is 9.53 Å². The topological polar surface area (TPSA) is 105 Å². The summed E-state index contributed by atoms with van der Waals surface area (Å²) in [5.41, 5.74) is 1.08. The average Bonchev–Trinajstić information content (AvgIpc) is 2.83. The minimum atomic E-state index is -0.388. The van der Waals surface area contributed by atoms with Crippen molar-refractivity contribution in [3.63, 3.8) is 0 Å². The lowest BCUT2D eigenvalue weighted by atomic mass is 9.97. The molecule has 10 heteroatoms. The van der Waals surface area contributed by atoms with E-state index in [2.05, 4.69) is 27.0 Å². The van der Waals surface area contributed by atoms with Crippen LogP contribution in [0.25, 0.3) is 0 Å². The number of hydrogen-bond acceptors (Lipinski definition) is 9. The summed E-state index contributed by atoms with van der Waals surface area (Å²) in [6.07, 6.45) is 2.56. The van der Waals surface area contributed by atoms with Crippen molar-refractivity contribution in [3.8, 4) is 0 Å². The molecule has 0 bridgehead atoms. The Bertz CT molecular complexity index is 925. The molecule has 2 aliphatic heterocycles. The highest BCUT2D eigenvalue weighted by molar-refractivity contribution is 5.74. The zero-order valence-corrected chi connectivity index (χ0v) is 17.5. The molecule has 2 saturated heterocycles. The van der Waals surface area contributed by atoms with E-state index in [1.54, 1.807) is 0 Å². The molecule has 1 aromatic heterocycles. The van der Waals surface area contributed by atoms with Gasteiger partial charge in [0.25, 0.3) is 0 Å². The van der Waals surface area contributed by atoms with Crippen molar-refractivity contribution in [1.29, 1.82) is 0 Å². The van der Waals surface area contributed by atoms with Crippen LogP contribution >= 0.6 is 0 Å². The number of benzene rings is 1. The minimum Gasteiger partial charge on any atom is -0.469 e. The van der Waals surface area contributed by atoms with Crippen molar-refractivity contribution in [1.82, 2.24) is 9.97 Å². The molecule has 1 aromatic carbocycles. The Balaban J connectivity index is 1.51. The number of carbonyl (C=O) groups is 1. The minimum absolute atomic E-state index is 0.0628. The summed E-state index contributed by atoms with van der Waals surface area (Å²) in [5.74, 6) is 0.281. The van der Waals surface area contributed by atoms with E-state index in [9.17, 15) is 14.9 Å². The summed E-state index contributed by atoms with van der Waals surface area (Å²) in [7, 11) is 1.38. The second kappa shape index (κ2) is 9.15. The SMILES string of the molecule is COC(=O)C1CCN(c2ncnc(N3CCN(c4ccccc4)CC3)c2[N+](=O)[O-])CC1. The monoisotopic (exact) mass is 426 g/mol. The van der Waals surface area contributed by atoms with Gasteiger partial charge in [0.15, 0.2) is 0 Å². The van der Waals surface area contributed by atoms with Gasteiger partial charge in [-0.15, -0.1) is 0 Å². The zero-order chi connectivity index (χ0) is 21.8. The Hall–Kier alpha value is -3.43. The van der Waals surface area contributed by atoms with Gasteiger partial charge < -0.3 is 19.4 Å². The van der Waals surface area contributed by atoms with Crippen LogP contribution in [0.15, 0.2) is 36.7 Å². The normalized spacial score (nSPS) is 17.5. The highest BCUT2D eigenvalue weighted by Crippen LogP contribution is 2.36. The third-order valence-corrected chi connectivity index (χ3v) is 6.00. The standard InChI is InChI=1S/C21H26N6O4/c1-31-21(28)16-7-9-25(10-8-16)19-18(27(29)30)20(23-15-22-19)26-13-11-24(12-14-26)17-5-3-2-4-6-17/h2-6,15-16H,7-14H2,1H3. The highest BCUT2D eigenvalue weighted by Gasteiger charge is 2.34. The number of piperidine rings is 1. The van der Waals surface area contributed by atoms with Crippen molar-refractivity contribution in [2.24, 2.45) is 5.92 Å². The van der Waals surface area contributed by atoms with Crippen molar-refractivity contribution < 1.29 is 14.5 Å². The molecule has 3 heterocycles. The molecule has 2 aliphatic rings. The summed E-state index contributed by atoms with van der Waals surface area (Å²) in [6, 6.07) is 10.1. The van der Waals surface area contributed by atoms with E-state index in [1.165, 1.54) is 13.4 Å². The van der Waals surface area contributed by atoms with Crippen molar-refractivity contribution >= 4 is 29.0 Å². The number of piperazine rings is 1. The number of anilines is 3. The number of carbonyl (C=O) groups excluding carboxylic acids is 1. The number of esters is 1. The fourth-order valence-electron chi connectivity index (χ4n) is 4.30. The Kier molecular flexibility index (Phi) is 6.15. The lowest BCUT2D eigenvalue weighted by Gasteiger charge is -2.37. The number of nitrogens with zero attached hydrogens (tertiary/aromatic N) is 6. The first-order valence-corrected chi connectivity index (χ1v) is 10.5. The molecule has 0 aliphatic carbocycles. The van der Waals surface area contributed by atoms with Crippen LogP contribution in [0.4, 0.5) is 23.0 Å². The van der Waals surface area contributed by atoms with E-state index in [0.29, 0.717) is 50.7 Å². The van der Waals surface area contributed by atoms with E-state index < -0.39 is 0 Å². The predicted octanol–water partition coefficient (Wildman–Crippen LogP) is 2.10. The molecule has 10 nitrogen and oxygen atoms in total. The van der Waals surface area contributed by atoms with Crippen molar-refractivity contribution in [2.45, 2.75) is 12.8 Å². The van der Waals surface area contributed by atoms with Gasteiger partial charge >= 0.3 is 11.7 Å². The van der Waals surface area contributed by atoms with Gasteiger partial charge in [-0.2, -0.15) is 0 Å². The molecule has 0 atom stereocenters. The van der Waals surface area contributed by atoms with Crippen LogP contribution in [0, 0.1) is 16.0 Å². The quantitative estimate of drug-likeness (QED) is 0.404. The summed E-state index contributed by atoms with van der Waals surface area (Å²) >= 11 is 0. The van der Waals surface area contributed by atoms with E-state index >= 15 is 0 Å². The van der Waals surface area contributed by atoms with Gasteiger partial charge in [0.05, 0.1) is 18.0 Å². The smallest absolute Gasteiger partial charge is 0.353 e. The third-order valence-electron chi connectivity index (χ3n) is 6.00. The summed E-state index contributed by atoms with van der Waals surface area (Å²) < 4.78 is 4.83. The molecule has 0 amide bonds. The van der Waals surface area contributed by atoms with Crippen LogP contribution in [-0.4, -0.2) is 67.2 Å². The van der Waals surface area contributed by atoms with E-state index in [4.69, 9.17) is 4.74 Å². The number of rotatable bonds is 5. The maximum absolute atomic E-state index is 12.0. The van der Waals surface area contributed by atoms with Gasteiger partial charge in [0.1, 0.15) is 6.33 Å². The Morgan fingerprint density at radius 3 is 2.06 bits per heavy atom. The fraction of sp³-hybridized carbons (Fsp3) is 0.476. The second-order valence-electron chi connectivity index (χ2n) is 7.72. The molecule has 0 radical (unpaired) electrons. The number of ether oxygens (including phenoxy) is 1. The van der Waals surface area contributed by atoms with Crippen molar-refractivity contribution in [3.05, 3.63) is 46.8 Å². The maximum atomic E-state index is 12.0. The number of methoxy groups -OCH3 is 1. The predicted molar refractivity (Wildman–Crippen MR) is 117 cm³/mol. The van der Waals surface area contributed by atoms with E-state index in [-0.39, 0.29) is 22.5 Å². The van der Waals surface area contributed by atoms with Gasteiger partial charge in [0.2, 0.25) is 11.6 Å². The molecule has 0 spiro atoms.